The zero-order chi connectivity index (χ0) is 11.1. The fourth-order valence-corrected chi connectivity index (χ4v) is 3.76. The van der Waals surface area contributed by atoms with Crippen LogP contribution >= 0.6 is 0 Å². The van der Waals surface area contributed by atoms with Gasteiger partial charge in [0, 0.05) is 18.8 Å². The molecule has 0 heterocycles. The molecular formula is C13H18N2O. The van der Waals surface area contributed by atoms with Crippen LogP contribution in [0.4, 0.5) is 0 Å². The maximum atomic E-state index is 10.9. The zero-order valence-electron chi connectivity index (χ0n) is 9.65. The number of carbonyl (C=O) groups excluding carboxylic acids is 1. The van der Waals surface area contributed by atoms with Crippen LogP contribution in [-0.4, -0.2) is 11.6 Å². The number of fused-ring (bicyclic) bond motifs is 5. The molecule has 0 aliphatic heterocycles. The standard InChI is InChI=1S/C13H18N2O/c1-8(16)14-15-13-11-6-7-12(13)10-5-3-2-4-9(10)11/h6-7,9-12H,2-5H2,1H3,(H,14,16). The Morgan fingerprint density at radius 3 is 2.31 bits per heavy atom. The van der Waals surface area contributed by atoms with Gasteiger partial charge >= 0.3 is 0 Å². The second-order valence-electron chi connectivity index (χ2n) is 5.25. The number of rotatable bonds is 1. The van der Waals surface area contributed by atoms with E-state index < -0.39 is 0 Å². The summed E-state index contributed by atoms with van der Waals surface area (Å²) in [7, 11) is 0. The van der Waals surface area contributed by atoms with Gasteiger partial charge in [0.2, 0.25) is 5.91 Å². The Balaban J connectivity index is 1.83. The van der Waals surface area contributed by atoms with Crippen molar-refractivity contribution in [3.63, 3.8) is 0 Å². The molecule has 4 unspecified atom stereocenters. The first-order valence-corrected chi connectivity index (χ1v) is 6.30. The topological polar surface area (TPSA) is 41.5 Å². The summed E-state index contributed by atoms with van der Waals surface area (Å²) in [6.45, 7) is 1.52. The molecule has 2 saturated carbocycles. The number of carbonyl (C=O) groups is 1. The fourth-order valence-electron chi connectivity index (χ4n) is 3.76. The number of hydrogen-bond acceptors (Lipinski definition) is 2. The van der Waals surface area contributed by atoms with Crippen molar-refractivity contribution in [3.05, 3.63) is 12.2 Å². The molecule has 4 atom stereocenters. The molecule has 3 rings (SSSR count). The van der Waals surface area contributed by atoms with Crippen LogP contribution in [0.3, 0.4) is 0 Å². The van der Waals surface area contributed by atoms with E-state index in [-0.39, 0.29) is 5.91 Å². The van der Waals surface area contributed by atoms with Crippen molar-refractivity contribution in [2.24, 2.45) is 28.8 Å². The van der Waals surface area contributed by atoms with E-state index in [1.54, 1.807) is 0 Å². The molecule has 2 bridgehead atoms. The third-order valence-electron chi connectivity index (χ3n) is 4.35. The Morgan fingerprint density at radius 2 is 1.81 bits per heavy atom. The molecule has 0 spiro atoms. The second-order valence-corrected chi connectivity index (χ2v) is 5.25. The first kappa shape index (κ1) is 10.1. The van der Waals surface area contributed by atoms with Gasteiger partial charge < -0.3 is 0 Å². The summed E-state index contributed by atoms with van der Waals surface area (Å²) >= 11 is 0. The molecule has 3 aliphatic carbocycles. The van der Waals surface area contributed by atoms with Gasteiger partial charge in [0.1, 0.15) is 0 Å². The average Bonchev–Trinajstić information content (AvgIpc) is 2.82. The lowest BCUT2D eigenvalue weighted by Gasteiger charge is -2.31. The van der Waals surface area contributed by atoms with Crippen LogP contribution in [0, 0.1) is 23.7 Å². The van der Waals surface area contributed by atoms with Gasteiger partial charge in [-0.15, -0.1) is 0 Å². The Labute approximate surface area is 96.0 Å². The molecule has 0 radical (unpaired) electrons. The first-order valence-electron chi connectivity index (χ1n) is 6.30. The van der Waals surface area contributed by atoms with Crippen molar-refractivity contribution in [1.82, 2.24) is 5.43 Å². The Morgan fingerprint density at radius 1 is 1.25 bits per heavy atom. The minimum atomic E-state index is -0.0678. The highest BCUT2D eigenvalue weighted by Crippen LogP contribution is 2.52. The van der Waals surface area contributed by atoms with Gasteiger partial charge in [0.25, 0.3) is 0 Å². The number of hydrogen-bond donors (Lipinski definition) is 1. The number of amides is 1. The lowest BCUT2D eigenvalue weighted by atomic mass is 9.73. The van der Waals surface area contributed by atoms with Gasteiger partial charge in [-0.05, 0) is 24.7 Å². The molecule has 2 fully saturated rings. The lowest BCUT2D eigenvalue weighted by Crippen LogP contribution is -2.22. The largest absolute Gasteiger partial charge is 0.274 e. The van der Waals surface area contributed by atoms with Gasteiger partial charge in [0.05, 0.1) is 5.71 Å². The highest BCUT2D eigenvalue weighted by Gasteiger charge is 2.49. The molecule has 1 amide bonds. The summed E-state index contributed by atoms with van der Waals surface area (Å²) in [5, 5.41) is 4.33. The zero-order valence-corrected chi connectivity index (χ0v) is 9.65. The van der Waals surface area contributed by atoms with Gasteiger partial charge in [0.15, 0.2) is 0 Å². The molecule has 16 heavy (non-hydrogen) atoms. The molecule has 0 aromatic heterocycles. The van der Waals surface area contributed by atoms with Crippen molar-refractivity contribution >= 4 is 11.6 Å². The summed E-state index contributed by atoms with van der Waals surface area (Å²) in [5.41, 5.74) is 3.82. The summed E-state index contributed by atoms with van der Waals surface area (Å²) in [5.74, 6) is 2.57. The number of nitrogens with one attached hydrogen (secondary N) is 1. The van der Waals surface area contributed by atoms with Crippen molar-refractivity contribution < 1.29 is 4.79 Å². The fraction of sp³-hybridized carbons (Fsp3) is 0.692. The van der Waals surface area contributed by atoms with Crippen molar-refractivity contribution in [2.45, 2.75) is 32.6 Å². The van der Waals surface area contributed by atoms with Crippen molar-refractivity contribution in [1.29, 1.82) is 0 Å². The molecule has 3 nitrogen and oxygen atoms in total. The second kappa shape index (κ2) is 3.72. The molecule has 86 valence electrons. The molecule has 1 N–H and O–H groups in total. The van der Waals surface area contributed by atoms with Gasteiger partial charge in [-0.25, -0.2) is 5.43 Å². The van der Waals surface area contributed by atoms with E-state index in [2.05, 4.69) is 22.7 Å². The Hall–Kier alpha value is -1.12. The number of allylic oxidation sites excluding steroid dienone is 2. The van der Waals surface area contributed by atoms with Crippen LogP contribution in [0.5, 0.6) is 0 Å². The van der Waals surface area contributed by atoms with Crippen molar-refractivity contribution in [2.75, 3.05) is 0 Å². The summed E-state index contributed by atoms with van der Waals surface area (Å²) in [6.07, 6.45) is 10.0. The quantitative estimate of drug-likeness (QED) is 0.531. The van der Waals surface area contributed by atoms with E-state index in [9.17, 15) is 4.79 Å². The maximum absolute atomic E-state index is 10.9. The van der Waals surface area contributed by atoms with Gasteiger partial charge in [-0.2, -0.15) is 5.10 Å². The molecule has 3 aliphatic rings. The number of nitrogens with zero attached hydrogens (tertiary/aromatic N) is 1. The predicted octanol–water partition coefficient (Wildman–Crippen LogP) is 2.10. The van der Waals surface area contributed by atoms with E-state index in [0.717, 1.165) is 11.8 Å². The van der Waals surface area contributed by atoms with E-state index in [0.29, 0.717) is 11.8 Å². The van der Waals surface area contributed by atoms with Crippen LogP contribution in [0.2, 0.25) is 0 Å². The van der Waals surface area contributed by atoms with Crippen LogP contribution in [0.25, 0.3) is 0 Å². The smallest absolute Gasteiger partial charge is 0.236 e. The highest BCUT2D eigenvalue weighted by atomic mass is 16.2. The first-order chi connectivity index (χ1) is 7.77. The van der Waals surface area contributed by atoms with Gasteiger partial charge in [-0.3, -0.25) is 4.79 Å². The maximum Gasteiger partial charge on any atom is 0.236 e. The van der Waals surface area contributed by atoms with Crippen LogP contribution in [0.15, 0.2) is 17.3 Å². The summed E-state index contributed by atoms with van der Waals surface area (Å²) < 4.78 is 0. The molecular weight excluding hydrogens is 200 g/mol. The van der Waals surface area contributed by atoms with E-state index in [1.165, 1.54) is 38.3 Å². The molecule has 3 heteroatoms. The minimum Gasteiger partial charge on any atom is -0.274 e. The SMILES string of the molecule is CC(=O)NN=C1C2C=CC1C1CCCCC21. The van der Waals surface area contributed by atoms with Gasteiger partial charge in [-0.1, -0.05) is 25.0 Å². The van der Waals surface area contributed by atoms with Crippen LogP contribution in [-0.2, 0) is 4.79 Å². The van der Waals surface area contributed by atoms with Crippen LogP contribution in [0.1, 0.15) is 32.6 Å². The molecule has 0 aromatic carbocycles. The summed E-state index contributed by atoms with van der Waals surface area (Å²) in [6, 6.07) is 0. The van der Waals surface area contributed by atoms with Crippen LogP contribution < -0.4 is 5.43 Å². The molecule has 0 saturated heterocycles. The monoisotopic (exact) mass is 218 g/mol. The highest BCUT2D eigenvalue weighted by molar-refractivity contribution is 5.97. The summed E-state index contributed by atoms with van der Waals surface area (Å²) in [4.78, 5) is 10.9. The van der Waals surface area contributed by atoms with E-state index >= 15 is 0 Å². The van der Waals surface area contributed by atoms with E-state index in [4.69, 9.17) is 0 Å². The lowest BCUT2D eigenvalue weighted by molar-refractivity contribution is -0.118. The predicted molar refractivity (Wildman–Crippen MR) is 62.8 cm³/mol. The third kappa shape index (κ3) is 1.41. The van der Waals surface area contributed by atoms with Crippen molar-refractivity contribution in [3.8, 4) is 0 Å². The Bertz CT molecular complexity index is 348. The average molecular weight is 218 g/mol. The number of hydrazone groups is 1. The Kier molecular flexibility index (Phi) is 2.34. The third-order valence-corrected chi connectivity index (χ3v) is 4.35. The normalized spacial score (nSPS) is 39.7. The minimum absolute atomic E-state index is 0.0678. The molecule has 0 aromatic rings. The van der Waals surface area contributed by atoms with E-state index in [1.807, 2.05) is 0 Å².